The predicted molar refractivity (Wildman–Crippen MR) is 98.1 cm³/mol. The molecular formula is C18H25N3OS. The summed E-state index contributed by atoms with van der Waals surface area (Å²) < 4.78 is 0. The van der Waals surface area contributed by atoms with Crippen molar-refractivity contribution in [1.29, 1.82) is 0 Å². The Bertz CT molecular complexity index is 715. The third kappa shape index (κ3) is 3.78. The highest BCUT2D eigenvalue weighted by Gasteiger charge is 2.24. The number of benzene rings is 1. The first-order valence-electron chi connectivity index (χ1n) is 8.53. The minimum absolute atomic E-state index is 0.0354. The molecule has 5 heteroatoms. The van der Waals surface area contributed by atoms with Crippen LogP contribution in [0.2, 0.25) is 0 Å². The van der Waals surface area contributed by atoms with Crippen LogP contribution in [-0.4, -0.2) is 39.0 Å². The van der Waals surface area contributed by atoms with Gasteiger partial charge in [-0.25, -0.2) is 4.98 Å². The van der Waals surface area contributed by atoms with Gasteiger partial charge in [0, 0.05) is 11.8 Å². The van der Waals surface area contributed by atoms with Gasteiger partial charge in [-0.3, -0.25) is 9.69 Å². The topological polar surface area (TPSA) is 49.0 Å². The monoisotopic (exact) mass is 331 g/mol. The first-order chi connectivity index (χ1) is 11.2. The normalized spacial score (nSPS) is 21.2. The summed E-state index contributed by atoms with van der Waals surface area (Å²) in [5.41, 5.74) is 0.749. The number of rotatable bonds is 4. The van der Waals surface area contributed by atoms with Crippen LogP contribution in [0, 0.1) is 0 Å². The molecule has 1 aromatic heterocycles. The largest absolute Gasteiger partial charge is 0.309 e. The summed E-state index contributed by atoms with van der Waals surface area (Å²) in [6, 6.07) is 7.70. The fraction of sp³-hybridized carbons (Fsp3) is 0.556. The first-order valence-corrected chi connectivity index (χ1v) is 9.58. The van der Waals surface area contributed by atoms with Crippen molar-refractivity contribution < 1.29 is 0 Å². The molecule has 2 unspecified atom stereocenters. The lowest BCUT2D eigenvalue weighted by atomic mass is 10.2. The summed E-state index contributed by atoms with van der Waals surface area (Å²) in [6.45, 7) is 6.55. The van der Waals surface area contributed by atoms with Crippen molar-refractivity contribution in [3.05, 3.63) is 40.4 Å². The van der Waals surface area contributed by atoms with E-state index in [9.17, 15) is 4.79 Å². The Labute approximate surface area is 141 Å². The number of aromatic nitrogens is 2. The molecule has 2 aromatic rings. The van der Waals surface area contributed by atoms with Gasteiger partial charge < -0.3 is 4.98 Å². The lowest BCUT2D eigenvalue weighted by Crippen LogP contribution is -2.34. The van der Waals surface area contributed by atoms with Gasteiger partial charge >= 0.3 is 0 Å². The molecule has 4 nitrogen and oxygen atoms in total. The summed E-state index contributed by atoms with van der Waals surface area (Å²) in [5, 5.41) is 1.36. The maximum absolute atomic E-state index is 12.3. The number of H-pyrrole nitrogens is 1. The quantitative estimate of drug-likeness (QED) is 0.930. The van der Waals surface area contributed by atoms with Gasteiger partial charge in [0.1, 0.15) is 5.82 Å². The summed E-state index contributed by atoms with van der Waals surface area (Å²) >= 11 is 2.05. The molecule has 23 heavy (non-hydrogen) atoms. The Balaban J connectivity index is 1.86. The molecule has 0 spiro atoms. The van der Waals surface area contributed by atoms with Crippen molar-refractivity contribution in [2.45, 2.75) is 44.4 Å². The summed E-state index contributed by atoms with van der Waals surface area (Å²) in [5.74, 6) is 1.95. The van der Waals surface area contributed by atoms with Crippen molar-refractivity contribution >= 4 is 22.7 Å². The number of para-hydroxylation sites is 1. The maximum Gasteiger partial charge on any atom is 0.258 e. The van der Waals surface area contributed by atoms with E-state index in [1.54, 1.807) is 0 Å². The first kappa shape index (κ1) is 16.5. The fourth-order valence-electron chi connectivity index (χ4n) is 3.33. The van der Waals surface area contributed by atoms with E-state index >= 15 is 0 Å². The minimum Gasteiger partial charge on any atom is -0.309 e. The Kier molecular flexibility index (Phi) is 5.38. The molecule has 1 fully saturated rings. The second-order valence-corrected chi connectivity index (χ2v) is 7.79. The van der Waals surface area contributed by atoms with E-state index < -0.39 is 0 Å². The maximum atomic E-state index is 12.3. The summed E-state index contributed by atoms with van der Waals surface area (Å²) in [6.07, 6.45) is 3.81. The molecule has 0 amide bonds. The van der Waals surface area contributed by atoms with Crippen molar-refractivity contribution in [2.24, 2.45) is 0 Å². The number of nitrogens with zero attached hydrogens (tertiary/aromatic N) is 2. The Morgan fingerprint density at radius 3 is 3.04 bits per heavy atom. The van der Waals surface area contributed by atoms with Gasteiger partial charge in [0.05, 0.1) is 16.9 Å². The summed E-state index contributed by atoms with van der Waals surface area (Å²) in [7, 11) is 0. The third-order valence-corrected chi connectivity index (χ3v) is 5.83. The summed E-state index contributed by atoms with van der Waals surface area (Å²) in [4.78, 5) is 22.5. The number of hydrogen-bond donors (Lipinski definition) is 1. The van der Waals surface area contributed by atoms with Crippen LogP contribution < -0.4 is 5.56 Å². The molecule has 0 aliphatic carbocycles. The van der Waals surface area contributed by atoms with Crippen LogP contribution in [0.3, 0.4) is 0 Å². The molecule has 2 atom stereocenters. The second kappa shape index (κ2) is 7.49. The Hall–Kier alpha value is -1.33. The zero-order valence-electron chi connectivity index (χ0n) is 13.9. The van der Waals surface area contributed by atoms with E-state index in [1.807, 2.05) is 24.3 Å². The number of thioether (sulfide) groups is 1. The number of aromatic amines is 1. The molecule has 124 valence electrons. The van der Waals surface area contributed by atoms with E-state index in [2.05, 4.69) is 35.5 Å². The molecule has 2 heterocycles. The van der Waals surface area contributed by atoms with Crippen LogP contribution in [0.5, 0.6) is 0 Å². The average molecular weight is 331 g/mol. The zero-order valence-corrected chi connectivity index (χ0v) is 14.7. The van der Waals surface area contributed by atoms with Crippen LogP contribution in [-0.2, 0) is 0 Å². The smallest absolute Gasteiger partial charge is 0.258 e. The predicted octanol–water partition coefficient (Wildman–Crippen LogP) is 3.59. The molecule has 3 rings (SSSR count). The molecule has 1 aliphatic heterocycles. The van der Waals surface area contributed by atoms with Gasteiger partial charge in [0.25, 0.3) is 5.56 Å². The highest BCUT2D eigenvalue weighted by Crippen LogP contribution is 2.27. The standard InChI is InChI=1S/C18H25N3OS/c1-3-23-14-8-6-7-11-21(12-14)13(2)17-19-16-10-5-4-9-15(16)18(22)20-17/h4-5,9-10,13-14H,3,6-8,11-12H2,1-2H3,(H,19,20,22). The SMILES string of the molecule is CCSC1CCCCN(C(C)c2nc3ccccc3c(=O)[nH]2)C1. The molecule has 0 radical (unpaired) electrons. The highest BCUT2D eigenvalue weighted by molar-refractivity contribution is 7.99. The highest BCUT2D eigenvalue weighted by atomic mass is 32.2. The average Bonchev–Trinajstić information content (AvgIpc) is 2.80. The van der Waals surface area contributed by atoms with Gasteiger partial charge in [-0.05, 0) is 44.2 Å². The Morgan fingerprint density at radius 2 is 2.22 bits per heavy atom. The van der Waals surface area contributed by atoms with Gasteiger partial charge in [0.2, 0.25) is 0 Å². The number of likely N-dealkylation sites (tertiary alicyclic amines) is 1. The zero-order chi connectivity index (χ0) is 16.2. The van der Waals surface area contributed by atoms with Crippen LogP contribution in [0.1, 0.15) is 45.0 Å². The van der Waals surface area contributed by atoms with Gasteiger partial charge in [-0.1, -0.05) is 25.5 Å². The lowest BCUT2D eigenvalue weighted by molar-refractivity contribution is 0.213. The number of nitrogens with one attached hydrogen (secondary N) is 1. The van der Waals surface area contributed by atoms with E-state index in [4.69, 9.17) is 4.98 Å². The Morgan fingerprint density at radius 1 is 1.39 bits per heavy atom. The molecule has 0 bridgehead atoms. The van der Waals surface area contributed by atoms with E-state index in [-0.39, 0.29) is 11.6 Å². The molecule has 1 aliphatic rings. The van der Waals surface area contributed by atoms with E-state index in [1.165, 1.54) is 19.3 Å². The minimum atomic E-state index is -0.0354. The van der Waals surface area contributed by atoms with Gasteiger partial charge in [-0.2, -0.15) is 11.8 Å². The van der Waals surface area contributed by atoms with Crippen molar-refractivity contribution in [2.75, 3.05) is 18.8 Å². The van der Waals surface area contributed by atoms with E-state index in [0.29, 0.717) is 10.6 Å². The van der Waals surface area contributed by atoms with Crippen LogP contribution in [0.15, 0.2) is 29.1 Å². The molecule has 1 saturated heterocycles. The van der Waals surface area contributed by atoms with Gasteiger partial charge in [-0.15, -0.1) is 0 Å². The molecular weight excluding hydrogens is 306 g/mol. The van der Waals surface area contributed by atoms with Crippen molar-refractivity contribution in [3.8, 4) is 0 Å². The van der Waals surface area contributed by atoms with Gasteiger partial charge in [0.15, 0.2) is 0 Å². The van der Waals surface area contributed by atoms with Crippen molar-refractivity contribution in [3.63, 3.8) is 0 Å². The second-order valence-electron chi connectivity index (χ2n) is 6.21. The van der Waals surface area contributed by atoms with Crippen LogP contribution in [0.25, 0.3) is 10.9 Å². The number of hydrogen-bond acceptors (Lipinski definition) is 4. The van der Waals surface area contributed by atoms with Crippen LogP contribution in [0.4, 0.5) is 0 Å². The fourth-order valence-corrected chi connectivity index (χ4v) is 4.43. The lowest BCUT2D eigenvalue weighted by Gasteiger charge is -2.29. The van der Waals surface area contributed by atoms with Crippen LogP contribution >= 0.6 is 11.8 Å². The van der Waals surface area contributed by atoms with E-state index in [0.717, 1.165) is 30.2 Å². The molecule has 1 N–H and O–H groups in total. The van der Waals surface area contributed by atoms with Crippen molar-refractivity contribution in [1.82, 2.24) is 14.9 Å². The molecule has 1 aromatic carbocycles. The third-order valence-electron chi connectivity index (χ3n) is 4.64. The number of fused-ring (bicyclic) bond motifs is 1. The molecule has 0 saturated carbocycles.